The Bertz CT molecular complexity index is 3200. The van der Waals surface area contributed by atoms with Crippen molar-refractivity contribution in [3.8, 4) is 29.4 Å². The predicted molar refractivity (Wildman–Crippen MR) is 361 cm³/mol. The van der Waals surface area contributed by atoms with Gasteiger partial charge in [-0.2, -0.15) is 10.5 Å². The Morgan fingerprint density at radius 1 is 0.438 bits per heavy atom. The van der Waals surface area contributed by atoms with Crippen molar-refractivity contribution in [2.75, 3.05) is 98.2 Å². The number of rotatable bonds is 15. The van der Waals surface area contributed by atoms with Gasteiger partial charge >= 0.3 is 19.1 Å². The van der Waals surface area contributed by atoms with Crippen LogP contribution in [0.2, 0.25) is 15.1 Å². The fourth-order valence-corrected chi connectivity index (χ4v) is 14.3. The minimum absolute atomic E-state index is 0.0667. The zero-order valence-electron chi connectivity index (χ0n) is 55.5. The standard InChI is InChI=1S/C15H19ClF3NO.C15H17ClF3NO.C15H20N2.C14H17ClF3NO.C14H17FN2/c2*1-2-8-20-9-6-11(7-10-20)12-4-3-5-13(14(12)16)21-15(17,18)19;1-3-17-9-7-13(8-10-17)15-6-4-5-14(11-16)12(15)2;1-2-19-8-6-10(7-9-19)11-4-3-5-12(13(11)15)20-14(16,17)18;1-2-17-8-6-11(7-9-17)13-5-3-4-12(10-16)14(13)15/h3-5,11H,2,6-10H2,1H3;2-5,11H,1,6-10H2;4-6,13H,3,7-10H2,1-2H3;3-5,10H,2,6-9H2,1H3;3-5,11H,2,6-9H2,1H3. The van der Waals surface area contributed by atoms with Crippen molar-refractivity contribution in [3.05, 3.63) is 169 Å². The average molecular weight is 1410 g/mol. The topological polar surface area (TPSA) is 91.5 Å². The Labute approximate surface area is 575 Å². The van der Waals surface area contributed by atoms with Gasteiger partial charge in [-0.15, -0.1) is 46.1 Å². The van der Waals surface area contributed by atoms with E-state index in [4.69, 9.17) is 45.3 Å². The molecule has 5 fully saturated rings. The Morgan fingerprint density at radius 2 is 0.719 bits per heavy atom. The van der Waals surface area contributed by atoms with Gasteiger partial charge < -0.3 is 33.8 Å². The van der Waals surface area contributed by atoms with Crippen LogP contribution in [0, 0.1) is 35.4 Å². The van der Waals surface area contributed by atoms with E-state index < -0.39 is 19.1 Å². The van der Waals surface area contributed by atoms with E-state index in [0.717, 1.165) is 171 Å². The molecule has 10 nitrogen and oxygen atoms in total. The maximum atomic E-state index is 14.0. The van der Waals surface area contributed by atoms with Crippen molar-refractivity contribution in [3.63, 3.8) is 0 Å². The van der Waals surface area contributed by atoms with Crippen LogP contribution in [0.15, 0.2) is 104 Å². The quantitative estimate of drug-likeness (QED) is 0.0745. The Morgan fingerprint density at radius 3 is 1.03 bits per heavy atom. The Kier molecular flexibility index (Phi) is 31.8. The molecule has 0 radical (unpaired) electrons. The average Bonchev–Trinajstić information content (AvgIpc) is 0.907. The zero-order valence-corrected chi connectivity index (χ0v) is 57.8. The maximum Gasteiger partial charge on any atom is 0.573 e. The van der Waals surface area contributed by atoms with Gasteiger partial charge in [-0.3, -0.25) is 4.90 Å². The third-order valence-electron chi connectivity index (χ3n) is 18.7. The summed E-state index contributed by atoms with van der Waals surface area (Å²) in [7, 11) is 0. The van der Waals surface area contributed by atoms with Gasteiger partial charge in [-0.25, -0.2) is 4.39 Å². The summed E-state index contributed by atoms with van der Waals surface area (Å²) in [6, 6.07) is 29.3. The Hall–Kier alpha value is -5.81. The van der Waals surface area contributed by atoms with E-state index in [0.29, 0.717) is 5.92 Å². The third kappa shape index (κ3) is 24.6. The molecule has 0 unspecified atom stereocenters. The van der Waals surface area contributed by atoms with Crippen molar-refractivity contribution in [1.29, 1.82) is 10.5 Å². The molecule has 0 atom stereocenters. The van der Waals surface area contributed by atoms with Crippen LogP contribution in [0.4, 0.5) is 43.9 Å². The van der Waals surface area contributed by atoms with Crippen molar-refractivity contribution in [2.24, 2.45) is 0 Å². The molecule has 0 spiro atoms. The van der Waals surface area contributed by atoms with Crippen LogP contribution in [0.1, 0.15) is 172 Å². The smallest absolute Gasteiger partial charge is 0.404 e. The van der Waals surface area contributed by atoms with Crippen molar-refractivity contribution >= 4 is 34.8 Å². The number of hydrogen-bond donors (Lipinski definition) is 0. The molecule has 5 saturated heterocycles. The molecular formula is C73H90Cl3F10N7O3. The number of likely N-dealkylation sites (tertiary alicyclic amines) is 5. The van der Waals surface area contributed by atoms with Gasteiger partial charge in [0.25, 0.3) is 0 Å². The van der Waals surface area contributed by atoms with Gasteiger partial charge in [0.05, 0.1) is 32.3 Å². The first-order valence-corrected chi connectivity index (χ1v) is 34.4. The molecule has 5 aliphatic heterocycles. The van der Waals surface area contributed by atoms with Gasteiger partial charge in [-0.05, 0) is 262 Å². The van der Waals surface area contributed by atoms with Gasteiger partial charge in [-0.1, -0.05) is 129 Å². The molecule has 23 heteroatoms. The highest BCUT2D eigenvalue weighted by molar-refractivity contribution is 6.33. The van der Waals surface area contributed by atoms with Crippen LogP contribution >= 0.6 is 34.8 Å². The number of nitriles is 2. The number of halogens is 13. The molecule has 10 rings (SSSR count). The number of hydrogen-bond acceptors (Lipinski definition) is 10. The lowest BCUT2D eigenvalue weighted by Gasteiger charge is -2.32. The summed E-state index contributed by atoms with van der Waals surface area (Å²) < 4.78 is 137. The highest BCUT2D eigenvalue weighted by Gasteiger charge is 2.36. The number of nitrogens with zero attached hydrogens (tertiary/aromatic N) is 7. The van der Waals surface area contributed by atoms with Gasteiger partial charge in [0, 0.05) is 6.54 Å². The largest absolute Gasteiger partial charge is 0.573 e. The number of alkyl halides is 9. The third-order valence-corrected chi connectivity index (χ3v) is 19.9. The van der Waals surface area contributed by atoms with Gasteiger partial charge in [0.1, 0.15) is 29.1 Å². The molecule has 0 aromatic heterocycles. The minimum atomic E-state index is -4.73. The lowest BCUT2D eigenvalue weighted by molar-refractivity contribution is -0.275. The molecular weight excluding hydrogens is 1320 g/mol. The first-order valence-electron chi connectivity index (χ1n) is 33.3. The van der Waals surface area contributed by atoms with Crippen LogP contribution in [0.3, 0.4) is 0 Å². The first kappa shape index (κ1) is 79.2. The second-order valence-electron chi connectivity index (χ2n) is 24.7. The maximum absolute atomic E-state index is 14.0. The number of piperidine rings is 5. The first-order chi connectivity index (χ1) is 45.7. The highest BCUT2D eigenvalue weighted by atomic mass is 35.5. The van der Waals surface area contributed by atoms with Crippen molar-refractivity contribution in [1.82, 2.24) is 24.5 Å². The van der Waals surface area contributed by atoms with Crippen LogP contribution in [-0.4, -0.2) is 142 Å². The molecule has 5 aromatic rings. The molecule has 526 valence electrons. The molecule has 96 heavy (non-hydrogen) atoms. The molecule has 0 saturated carbocycles. The minimum Gasteiger partial charge on any atom is -0.404 e. The van der Waals surface area contributed by atoms with Gasteiger partial charge in [0.15, 0.2) is 0 Å². The van der Waals surface area contributed by atoms with E-state index in [1.54, 1.807) is 48.5 Å². The molecule has 5 aromatic carbocycles. The molecule has 5 aliphatic rings. The summed E-state index contributed by atoms with van der Waals surface area (Å²) in [6.45, 7) is 29.5. The SMILES string of the molecule is C=CCN1CCC(c2cccc(OC(F)(F)F)c2Cl)CC1.CCCN1CCC(c2cccc(OC(F)(F)F)c2Cl)CC1.CCN1CCC(c2cccc(C#N)c2C)CC1.CCN1CCC(c2cccc(C#N)c2F)CC1.CCN1CCC(c2cccc(OC(F)(F)F)c2Cl)CC1. The molecule has 0 bridgehead atoms. The van der Waals surface area contributed by atoms with E-state index >= 15 is 0 Å². The summed E-state index contributed by atoms with van der Waals surface area (Å²) in [4.78, 5) is 11.8. The van der Waals surface area contributed by atoms with E-state index in [1.807, 2.05) is 30.3 Å². The fourth-order valence-electron chi connectivity index (χ4n) is 13.4. The Balaban J connectivity index is 0.000000190. The van der Waals surface area contributed by atoms with Crippen LogP contribution in [0.25, 0.3) is 0 Å². The van der Waals surface area contributed by atoms with E-state index in [9.17, 15) is 43.9 Å². The summed E-state index contributed by atoms with van der Waals surface area (Å²) in [5.41, 5.74) is 6.54. The van der Waals surface area contributed by atoms with E-state index in [-0.39, 0.29) is 67.4 Å². The lowest BCUT2D eigenvalue weighted by atomic mass is 9.85. The van der Waals surface area contributed by atoms with Gasteiger partial charge in [0.2, 0.25) is 0 Å². The monoisotopic (exact) mass is 1410 g/mol. The second kappa shape index (κ2) is 38.5. The summed E-state index contributed by atoms with van der Waals surface area (Å²) in [5, 5.41) is 18.1. The van der Waals surface area contributed by atoms with Crippen molar-refractivity contribution < 1.29 is 58.1 Å². The summed E-state index contributed by atoms with van der Waals surface area (Å²) in [6.07, 6.45) is -1.41. The second-order valence-corrected chi connectivity index (χ2v) is 25.8. The lowest BCUT2D eigenvalue weighted by Crippen LogP contribution is -2.33. The van der Waals surface area contributed by atoms with Crippen LogP contribution in [-0.2, 0) is 0 Å². The number of benzene rings is 5. The molecule has 0 amide bonds. The predicted octanol–water partition coefficient (Wildman–Crippen LogP) is 19.8. The van der Waals surface area contributed by atoms with Crippen LogP contribution < -0.4 is 14.2 Å². The van der Waals surface area contributed by atoms with Crippen LogP contribution in [0.5, 0.6) is 17.2 Å². The highest BCUT2D eigenvalue weighted by Crippen LogP contribution is 2.43. The summed E-state index contributed by atoms with van der Waals surface area (Å²) in [5.74, 6) is 0.212. The normalized spacial score (nSPS) is 18.0. The van der Waals surface area contributed by atoms with Crippen molar-refractivity contribution in [2.45, 2.75) is 154 Å². The molecule has 0 aliphatic carbocycles. The number of ether oxygens (including phenoxy) is 3. The van der Waals surface area contributed by atoms with E-state index in [2.05, 4.69) is 92.0 Å². The fraction of sp³-hybridized carbons (Fsp3) is 0.534. The summed E-state index contributed by atoms with van der Waals surface area (Å²) >= 11 is 18.3. The van der Waals surface area contributed by atoms with E-state index in [1.165, 1.54) is 55.3 Å². The molecule has 5 heterocycles. The molecule has 0 N–H and O–H groups in total. The zero-order chi connectivity index (χ0) is 70.2.